The summed E-state index contributed by atoms with van der Waals surface area (Å²) in [6.07, 6.45) is 0. The number of rotatable bonds is 8. The molecule has 4 aromatic rings. The number of anilines is 2. The number of hydrogen-bond donors (Lipinski definition) is 1. The molecule has 0 saturated carbocycles. The lowest BCUT2D eigenvalue weighted by atomic mass is 10.1. The molecule has 1 aliphatic rings. The maximum atomic E-state index is 12.8. The number of piperazine rings is 1. The van der Waals surface area contributed by atoms with Gasteiger partial charge in [-0.05, 0) is 53.6 Å². The van der Waals surface area contributed by atoms with Crippen LogP contribution in [0.4, 0.5) is 11.4 Å². The molecule has 0 atom stereocenters. The summed E-state index contributed by atoms with van der Waals surface area (Å²) in [7, 11) is 0. The lowest BCUT2D eigenvalue weighted by Crippen LogP contribution is -2.45. The average molecular weight is 478 g/mol. The Morgan fingerprint density at radius 1 is 0.722 bits per heavy atom. The molecular weight excluding hydrogens is 446 g/mol. The van der Waals surface area contributed by atoms with Crippen molar-refractivity contribution in [1.29, 1.82) is 0 Å². The molecule has 0 aliphatic carbocycles. The number of carbonyl (C=O) groups excluding carboxylic acids is 1. The number of carbonyl (C=O) groups is 1. The van der Waals surface area contributed by atoms with E-state index in [9.17, 15) is 4.79 Å². The van der Waals surface area contributed by atoms with Gasteiger partial charge in [0.2, 0.25) is 0 Å². The van der Waals surface area contributed by atoms with E-state index in [4.69, 9.17) is 4.74 Å². The van der Waals surface area contributed by atoms with E-state index in [1.165, 1.54) is 11.3 Å². The summed E-state index contributed by atoms with van der Waals surface area (Å²) in [6, 6.07) is 36.0. The molecule has 5 rings (SSSR count). The zero-order chi connectivity index (χ0) is 24.6. The van der Waals surface area contributed by atoms with E-state index in [0.717, 1.165) is 44.0 Å². The molecule has 1 fully saturated rings. The number of ether oxygens (including phenoxy) is 1. The highest BCUT2D eigenvalue weighted by Gasteiger charge is 2.17. The van der Waals surface area contributed by atoms with Crippen LogP contribution in [0, 0.1) is 0 Å². The van der Waals surface area contributed by atoms with E-state index in [2.05, 4.69) is 57.6 Å². The molecule has 0 spiro atoms. The maximum Gasteiger partial charge on any atom is 0.255 e. The smallest absolute Gasteiger partial charge is 0.255 e. The van der Waals surface area contributed by atoms with E-state index in [0.29, 0.717) is 17.9 Å². The van der Waals surface area contributed by atoms with Gasteiger partial charge >= 0.3 is 0 Å². The highest BCUT2D eigenvalue weighted by molar-refractivity contribution is 6.04. The number of amides is 1. The van der Waals surface area contributed by atoms with Gasteiger partial charge in [0.05, 0.1) is 0 Å². The van der Waals surface area contributed by atoms with E-state index in [1.54, 1.807) is 12.1 Å². The second-order valence-electron chi connectivity index (χ2n) is 9.05. The fourth-order valence-electron chi connectivity index (χ4n) is 4.43. The molecule has 1 aliphatic heterocycles. The molecule has 36 heavy (non-hydrogen) atoms. The molecule has 1 heterocycles. The quantitative estimate of drug-likeness (QED) is 0.346. The van der Waals surface area contributed by atoms with Gasteiger partial charge in [-0.3, -0.25) is 9.69 Å². The van der Waals surface area contributed by atoms with Crippen molar-refractivity contribution in [3.05, 3.63) is 126 Å². The highest BCUT2D eigenvalue weighted by atomic mass is 16.5. The first kappa shape index (κ1) is 23.6. The minimum absolute atomic E-state index is 0.151. The molecule has 5 heteroatoms. The van der Waals surface area contributed by atoms with Crippen molar-refractivity contribution in [3.8, 4) is 5.75 Å². The van der Waals surface area contributed by atoms with Crippen LogP contribution in [0.15, 0.2) is 109 Å². The van der Waals surface area contributed by atoms with Gasteiger partial charge in [0, 0.05) is 49.7 Å². The molecule has 4 aromatic carbocycles. The molecule has 5 nitrogen and oxygen atoms in total. The predicted molar refractivity (Wildman–Crippen MR) is 146 cm³/mol. The SMILES string of the molecule is O=C(Nc1ccc(N2CCN(Cc3ccccc3)CC2)cc1)c1cccc(OCc2ccccc2)c1. The summed E-state index contributed by atoms with van der Waals surface area (Å²) >= 11 is 0. The van der Waals surface area contributed by atoms with Gasteiger partial charge in [-0.15, -0.1) is 0 Å². The molecule has 1 saturated heterocycles. The predicted octanol–water partition coefficient (Wildman–Crippen LogP) is 5.84. The minimum Gasteiger partial charge on any atom is -0.489 e. The number of nitrogens with one attached hydrogen (secondary N) is 1. The van der Waals surface area contributed by atoms with Crippen molar-refractivity contribution in [3.63, 3.8) is 0 Å². The van der Waals surface area contributed by atoms with Gasteiger partial charge in [-0.1, -0.05) is 66.7 Å². The third-order valence-electron chi connectivity index (χ3n) is 6.46. The number of hydrogen-bond acceptors (Lipinski definition) is 4. The Labute approximate surface area is 212 Å². The standard InChI is InChI=1S/C31H31N3O2/c35-31(27-12-7-13-30(22-27)36-24-26-10-5-2-6-11-26)32-28-14-16-29(17-15-28)34-20-18-33(19-21-34)23-25-8-3-1-4-9-25/h1-17,22H,18-21,23-24H2,(H,32,35). The average Bonchev–Trinajstić information content (AvgIpc) is 2.94. The summed E-state index contributed by atoms with van der Waals surface area (Å²) in [5.41, 5.74) is 4.98. The Hall–Kier alpha value is -4.09. The zero-order valence-corrected chi connectivity index (χ0v) is 20.3. The summed E-state index contributed by atoms with van der Waals surface area (Å²) in [6.45, 7) is 5.53. The van der Waals surface area contributed by atoms with Gasteiger partial charge in [0.25, 0.3) is 5.91 Å². The first-order valence-corrected chi connectivity index (χ1v) is 12.4. The largest absolute Gasteiger partial charge is 0.489 e. The van der Waals surface area contributed by atoms with Crippen molar-refractivity contribution in [2.45, 2.75) is 13.2 Å². The van der Waals surface area contributed by atoms with Crippen LogP contribution in [-0.2, 0) is 13.2 Å². The maximum absolute atomic E-state index is 12.8. The van der Waals surface area contributed by atoms with Crippen LogP contribution in [-0.4, -0.2) is 37.0 Å². The van der Waals surface area contributed by atoms with Gasteiger partial charge in [0.15, 0.2) is 0 Å². The second kappa shape index (κ2) is 11.6. The lowest BCUT2D eigenvalue weighted by Gasteiger charge is -2.36. The van der Waals surface area contributed by atoms with Crippen molar-refractivity contribution in [2.75, 3.05) is 36.4 Å². The van der Waals surface area contributed by atoms with E-state index < -0.39 is 0 Å². The Bertz CT molecular complexity index is 1250. The van der Waals surface area contributed by atoms with Crippen molar-refractivity contribution in [2.24, 2.45) is 0 Å². The lowest BCUT2D eigenvalue weighted by molar-refractivity contribution is 0.102. The molecule has 0 unspecified atom stereocenters. The van der Waals surface area contributed by atoms with Crippen LogP contribution in [0.3, 0.4) is 0 Å². The molecule has 1 N–H and O–H groups in total. The Kier molecular flexibility index (Phi) is 7.59. The highest BCUT2D eigenvalue weighted by Crippen LogP contribution is 2.22. The second-order valence-corrected chi connectivity index (χ2v) is 9.05. The van der Waals surface area contributed by atoms with Crippen LogP contribution in [0.1, 0.15) is 21.5 Å². The van der Waals surface area contributed by atoms with Crippen LogP contribution < -0.4 is 15.0 Å². The molecule has 1 amide bonds. The molecule has 0 bridgehead atoms. The van der Waals surface area contributed by atoms with Gasteiger partial charge < -0.3 is 15.0 Å². The monoisotopic (exact) mass is 477 g/mol. The Balaban J connectivity index is 1.12. The third-order valence-corrected chi connectivity index (χ3v) is 6.46. The van der Waals surface area contributed by atoms with E-state index >= 15 is 0 Å². The molecule has 0 aromatic heterocycles. The fraction of sp³-hybridized carbons (Fsp3) is 0.194. The molecule has 182 valence electrons. The topological polar surface area (TPSA) is 44.8 Å². The summed E-state index contributed by atoms with van der Waals surface area (Å²) in [5, 5.41) is 3.00. The normalized spacial score (nSPS) is 13.8. The van der Waals surface area contributed by atoms with Crippen LogP contribution in [0.25, 0.3) is 0 Å². The first-order valence-electron chi connectivity index (χ1n) is 12.4. The van der Waals surface area contributed by atoms with Crippen LogP contribution in [0.2, 0.25) is 0 Å². The molecule has 0 radical (unpaired) electrons. The number of benzene rings is 4. The van der Waals surface area contributed by atoms with E-state index in [-0.39, 0.29) is 5.91 Å². The number of nitrogens with zero attached hydrogens (tertiary/aromatic N) is 2. The van der Waals surface area contributed by atoms with E-state index in [1.807, 2.05) is 54.6 Å². The van der Waals surface area contributed by atoms with Gasteiger partial charge in [0.1, 0.15) is 12.4 Å². The van der Waals surface area contributed by atoms with Crippen LogP contribution >= 0.6 is 0 Å². The van der Waals surface area contributed by atoms with Gasteiger partial charge in [-0.2, -0.15) is 0 Å². The van der Waals surface area contributed by atoms with Crippen LogP contribution in [0.5, 0.6) is 5.75 Å². The summed E-state index contributed by atoms with van der Waals surface area (Å²) in [5.74, 6) is 0.524. The van der Waals surface area contributed by atoms with Gasteiger partial charge in [-0.25, -0.2) is 0 Å². The zero-order valence-electron chi connectivity index (χ0n) is 20.3. The van der Waals surface area contributed by atoms with Crippen molar-refractivity contribution in [1.82, 2.24) is 4.90 Å². The Morgan fingerprint density at radius 3 is 2.08 bits per heavy atom. The summed E-state index contributed by atoms with van der Waals surface area (Å²) < 4.78 is 5.87. The Morgan fingerprint density at radius 2 is 1.39 bits per heavy atom. The molecular formula is C31H31N3O2. The first-order chi connectivity index (χ1) is 17.7. The van der Waals surface area contributed by atoms with Crippen molar-refractivity contribution < 1.29 is 9.53 Å². The fourth-order valence-corrected chi connectivity index (χ4v) is 4.43. The minimum atomic E-state index is -0.151. The summed E-state index contributed by atoms with van der Waals surface area (Å²) in [4.78, 5) is 17.7. The third kappa shape index (κ3) is 6.32. The van der Waals surface area contributed by atoms with Crippen molar-refractivity contribution >= 4 is 17.3 Å².